The molecule has 0 atom stereocenters. The van der Waals surface area contributed by atoms with Crippen molar-refractivity contribution in [3.8, 4) is 0 Å². The van der Waals surface area contributed by atoms with Crippen LogP contribution in [0.3, 0.4) is 0 Å². The average Bonchev–Trinajstić information content (AvgIpc) is 2.56. The molecule has 1 fully saturated rings. The van der Waals surface area contributed by atoms with E-state index < -0.39 is 0 Å². The Morgan fingerprint density at radius 3 is 2.33 bits per heavy atom. The van der Waals surface area contributed by atoms with Gasteiger partial charge in [-0.1, -0.05) is 0 Å². The van der Waals surface area contributed by atoms with E-state index in [0.717, 1.165) is 43.1 Å². The molecule has 0 N–H and O–H groups in total. The molecule has 0 unspecified atom stereocenters. The molecule has 1 aliphatic rings. The quantitative estimate of drug-likeness (QED) is 0.811. The highest BCUT2D eigenvalue weighted by Gasteiger charge is 2.19. The summed E-state index contributed by atoms with van der Waals surface area (Å²) in [6.07, 6.45) is 3.65. The van der Waals surface area contributed by atoms with Gasteiger partial charge in [0.1, 0.15) is 5.82 Å². The second kappa shape index (κ2) is 6.31. The number of alkyl halides is 1. The number of pyridine rings is 1. The maximum atomic E-state index is 13.0. The summed E-state index contributed by atoms with van der Waals surface area (Å²) in [6.45, 7) is 3.63. The summed E-state index contributed by atoms with van der Waals surface area (Å²) in [5.74, 6) is 0.301. The monoisotopic (exact) mass is 305 g/mol. The van der Waals surface area contributed by atoms with Crippen LogP contribution in [0.4, 0.5) is 15.8 Å². The fourth-order valence-electron chi connectivity index (χ4n) is 2.67. The fraction of sp³-hybridized carbons (Fsp3) is 0.312. The van der Waals surface area contributed by atoms with Crippen LogP contribution in [0.1, 0.15) is 5.56 Å². The maximum absolute atomic E-state index is 13.0. The number of aromatic nitrogens is 1. The molecule has 1 aromatic carbocycles. The number of anilines is 2. The molecule has 1 saturated heterocycles. The first-order valence-corrected chi connectivity index (χ1v) is 7.55. The second-order valence-corrected chi connectivity index (χ2v) is 5.36. The van der Waals surface area contributed by atoms with Crippen LogP contribution in [0.25, 0.3) is 0 Å². The van der Waals surface area contributed by atoms with Crippen LogP contribution < -0.4 is 9.80 Å². The lowest BCUT2D eigenvalue weighted by molar-refractivity contribution is 0.624. The molecule has 0 aliphatic carbocycles. The van der Waals surface area contributed by atoms with Crippen LogP contribution in [-0.4, -0.2) is 31.2 Å². The van der Waals surface area contributed by atoms with Crippen LogP contribution >= 0.6 is 11.6 Å². The van der Waals surface area contributed by atoms with E-state index in [4.69, 9.17) is 11.6 Å². The predicted octanol–water partition coefficient (Wildman–Crippen LogP) is 3.29. The lowest BCUT2D eigenvalue weighted by Gasteiger charge is -2.37. The van der Waals surface area contributed by atoms with E-state index in [1.165, 1.54) is 12.1 Å². The van der Waals surface area contributed by atoms with Crippen molar-refractivity contribution in [2.75, 3.05) is 36.0 Å². The molecule has 5 heteroatoms. The number of rotatable bonds is 3. The lowest BCUT2D eigenvalue weighted by Crippen LogP contribution is -2.46. The van der Waals surface area contributed by atoms with Crippen LogP contribution in [0.2, 0.25) is 0 Å². The van der Waals surface area contributed by atoms with Gasteiger partial charge in [-0.2, -0.15) is 0 Å². The molecule has 3 nitrogen and oxygen atoms in total. The molecule has 110 valence electrons. The average molecular weight is 306 g/mol. The topological polar surface area (TPSA) is 19.4 Å². The SMILES string of the molecule is Fc1ccc(N2CCN(c3cnccc3CCl)CC2)cc1. The Morgan fingerprint density at radius 1 is 1.00 bits per heavy atom. The molecule has 2 heterocycles. The smallest absolute Gasteiger partial charge is 0.123 e. The molecule has 0 saturated carbocycles. The van der Waals surface area contributed by atoms with Crippen molar-refractivity contribution < 1.29 is 4.39 Å². The summed E-state index contributed by atoms with van der Waals surface area (Å²) in [7, 11) is 0. The number of benzene rings is 1. The van der Waals surface area contributed by atoms with Gasteiger partial charge in [0.2, 0.25) is 0 Å². The molecule has 0 amide bonds. The Morgan fingerprint density at radius 2 is 1.67 bits per heavy atom. The molecule has 0 bridgehead atoms. The standard InChI is InChI=1S/C16H17ClFN3/c17-11-13-5-6-19-12-16(13)21-9-7-20(8-10-21)15-3-1-14(18)2-4-15/h1-6,12H,7-11H2. The van der Waals surface area contributed by atoms with Gasteiger partial charge >= 0.3 is 0 Å². The molecule has 1 aromatic heterocycles. The minimum absolute atomic E-state index is 0.195. The minimum Gasteiger partial charge on any atom is -0.368 e. The normalized spacial score (nSPS) is 15.3. The summed E-state index contributed by atoms with van der Waals surface area (Å²) in [6, 6.07) is 8.65. The molecular weight excluding hydrogens is 289 g/mol. The van der Waals surface area contributed by atoms with Crippen molar-refractivity contribution >= 4 is 23.0 Å². The largest absolute Gasteiger partial charge is 0.368 e. The third-order valence-corrected chi connectivity index (χ3v) is 4.13. The van der Waals surface area contributed by atoms with Gasteiger partial charge in [-0.3, -0.25) is 4.98 Å². The zero-order chi connectivity index (χ0) is 14.7. The molecule has 1 aliphatic heterocycles. The third-order valence-electron chi connectivity index (χ3n) is 3.84. The van der Waals surface area contributed by atoms with Gasteiger partial charge in [-0.25, -0.2) is 4.39 Å². The molecular formula is C16H17ClFN3. The van der Waals surface area contributed by atoms with E-state index >= 15 is 0 Å². The van der Waals surface area contributed by atoms with Crippen molar-refractivity contribution in [1.82, 2.24) is 4.98 Å². The Balaban J connectivity index is 1.69. The molecule has 2 aromatic rings. The van der Waals surface area contributed by atoms with Gasteiger partial charge in [0.15, 0.2) is 0 Å². The summed E-state index contributed by atoms with van der Waals surface area (Å²) >= 11 is 5.99. The van der Waals surface area contributed by atoms with Crippen molar-refractivity contribution in [3.63, 3.8) is 0 Å². The Kier molecular flexibility index (Phi) is 4.25. The van der Waals surface area contributed by atoms with Crippen molar-refractivity contribution in [2.45, 2.75) is 5.88 Å². The Bertz CT molecular complexity index is 595. The van der Waals surface area contributed by atoms with Gasteiger partial charge in [-0.05, 0) is 35.9 Å². The molecule has 21 heavy (non-hydrogen) atoms. The van der Waals surface area contributed by atoms with Crippen LogP contribution in [-0.2, 0) is 5.88 Å². The third kappa shape index (κ3) is 3.10. The van der Waals surface area contributed by atoms with E-state index in [-0.39, 0.29) is 5.82 Å². The van der Waals surface area contributed by atoms with Crippen molar-refractivity contribution in [2.24, 2.45) is 0 Å². The first-order chi connectivity index (χ1) is 10.3. The zero-order valence-corrected chi connectivity index (χ0v) is 12.4. The highest BCUT2D eigenvalue weighted by atomic mass is 35.5. The number of hydrogen-bond donors (Lipinski definition) is 0. The summed E-state index contributed by atoms with van der Waals surface area (Å²) in [4.78, 5) is 8.78. The van der Waals surface area contributed by atoms with Gasteiger partial charge in [-0.15, -0.1) is 11.6 Å². The van der Waals surface area contributed by atoms with Crippen LogP contribution in [0.15, 0.2) is 42.7 Å². The first-order valence-electron chi connectivity index (χ1n) is 7.02. The van der Waals surface area contributed by atoms with Gasteiger partial charge in [0.05, 0.1) is 11.9 Å². The zero-order valence-electron chi connectivity index (χ0n) is 11.7. The van der Waals surface area contributed by atoms with Crippen LogP contribution in [0.5, 0.6) is 0 Å². The fourth-order valence-corrected chi connectivity index (χ4v) is 2.90. The van der Waals surface area contributed by atoms with E-state index in [2.05, 4.69) is 14.8 Å². The van der Waals surface area contributed by atoms with E-state index in [0.29, 0.717) is 5.88 Å². The highest BCUT2D eigenvalue weighted by molar-refractivity contribution is 6.17. The summed E-state index contributed by atoms with van der Waals surface area (Å²) in [5, 5.41) is 0. The van der Waals surface area contributed by atoms with Gasteiger partial charge < -0.3 is 9.80 Å². The van der Waals surface area contributed by atoms with E-state index in [9.17, 15) is 4.39 Å². The Labute approximate surface area is 129 Å². The molecule has 0 spiro atoms. The minimum atomic E-state index is -0.195. The van der Waals surface area contributed by atoms with Gasteiger partial charge in [0.25, 0.3) is 0 Å². The van der Waals surface area contributed by atoms with Gasteiger partial charge in [0, 0.05) is 43.9 Å². The molecule has 0 radical (unpaired) electrons. The van der Waals surface area contributed by atoms with Crippen molar-refractivity contribution in [1.29, 1.82) is 0 Å². The Hall–Kier alpha value is -1.81. The second-order valence-electron chi connectivity index (χ2n) is 5.09. The lowest BCUT2D eigenvalue weighted by atomic mass is 10.2. The first kappa shape index (κ1) is 14.1. The summed E-state index contributed by atoms with van der Waals surface area (Å²) < 4.78 is 13.0. The maximum Gasteiger partial charge on any atom is 0.123 e. The number of piperazine rings is 1. The number of hydrogen-bond acceptors (Lipinski definition) is 3. The van der Waals surface area contributed by atoms with E-state index in [1.54, 1.807) is 6.20 Å². The number of nitrogens with zero attached hydrogens (tertiary/aromatic N) is 3. The number of halogens is 2. The molecule has 3 rings (SSSR count). The van der Waals surface area contributed by atoms with E-state index in [1.807, 2.05) is 24.4 Å². The van der Waals surface area contributed by atoms with Crippen molar-refractivity contribution in [3.05, 3.63) is 54.1 Å². The van der Waals surface area contributed by atoms with Crippen LogP contribution in [0, 0.1) is 5.82 Å². The predicted molar refractivity (Wildman–Crippen MR) is 84.6 cm³/mol. The highest BCUT2D eigenvalue weighted by Crippen LogP contribution is 2.24. The summed E-state index contributed by atoms with van der Waals surface area (Å²) in [5.41, 5.74) is 3.30.